The van der Waals surface area contributed by atoms with Gasteiger partial charge in [-0.2, -0.15) is 0 Å². The molecule has 1 spiro atoms. The van der Waals surface area contributed by atoms with Gasteiger partial charge in [-0.25, -0.2) is 0 Å². The van der Waals surface area contributed by atoms with E-state index in [-0.39, 0.29) is 24.3 Å². The van der Waals surface area contributed by atoms with Crippen LogP contribution in [0.1, 0.15) is 32.4 Å². The molecule has 8 nitrogen and oxygen atoms in total. The van der Waals surface area contributed by atoms with Crippen LogP contribution >= 0.6 is 0 Å². The van der Waals surface area contributed by atoms with Crippen LogP contribution in [0.25, 0.3) is 0 Å². The van der Waals surface area contributed by atoms with Crippen molar-refractivity contribution in [3.05, 3.63) is 24.0 Å². The number of carbonyl (C=O) groups excluding carboxylic acids is 3. The van der Waals surface area contributed by atoms with Crippen molar-refractivity contribution in [1.29, 1.82) is 0 Å². The van der Waals surface area contributed by atoms with E-state index in [4.69, 9.17) is 0 Å². The lowest BCUT2D eigenvalue weighted by molar-refractivity contribution is -0.143. The number of anilines is 1. The van der Waals surface area contributed by atoms with Crippen LogP contribution in [0.3, 0.4) is 0 Å². The lowest BCUT2D eigenvalue weighted by Gasteiger charge is -2.52. The third-order valence-electron chi connectivity index (χ3n) is 5.86. The number of nitrogens with one attached hydrogen (secondary N) is 1. The van der Waals surface area contributed by atoms with Gasteiger partial charge < -0.3 is 15.1 Å². The molecule has 2 saturated heterocycles. The molecule has 0 aromatic carbocycles. The fourth-order valence-electron chi connectivity index (χ4n) is 4.22. The molecular weight excluding hydrogens is 358 g/mol. The minimum atomic E-state index is -0.581. The van der Waals surface area contributed by atoms with Crippen LogP contribution in [0.4, 0.5) is 5.69 Å². The summed E-state index contributed by atoms with van der Waals surface area (Å²) in [5, 5.41) is 2.55. The predicted molar refractivity (Wildman–Crippen MR) is 106 cm³/mol. The Bertz CT molecular complexity index is 741. The van der Waals surface area contributed by atoms with Gasteiger partial charge in [-0.3, -0.25) is 24.3 Å². The van der Waals surface area contributed by atoms with Gasteiger partial charge in [0.25, 0.3) is 0 Å². The molecule has 152 valence electrons. The maximum Gasteiger partial charge on any atom is 0.247 e. The topological polar surface area (TPSA) is 85.8 Å². The summed E-state index contributed by atoms with van der Waals surface area (Å²) in [6.07, 6.45) is 2.96. The zero-order valence-electron chi connectivity index (χ0n) is 16.9. The van der Waals surface area contributed by atoms with Gasteiger partial charge in [-0.1, -0.05) is 6.92 Å². The molecule has 3 rings (SSSR count). The second kappa shape index (κ2) is 8.26. The lowest BCUT2D eigenvalue weighted by atomic mass is 9.82. The number of aryl methyl sites for hydroxylation is 1. The predicted octanol–water partition coefficient (Wildman–Crippen LogP) is 0.556. The summed E-state index contributed by atoms with van der Waals surface area (Å²) >= 11 is 0. The van der Waals surface area contributed by atoms with E-state index < -0.39 is 5.54 Å². The number of rotatable bonds is 4. The Kier molecular flexibility index (Phi) is 5.98. The molecule has 2 aliphatic heterocycles. The van der Waals surface area contributed by atoms with Crippen molar-refractivity contribution >= 4 is 23.4 Å². The van der Waals surface area contributed by atoms with Crippen molar-refractivity contribution in [2.45, 2.75) is 39.2 Å². The highest BCUT2D eigenvalue weighted by Gasteiger charge is 2.50. The molecule has 0 aliphatic carbocycles. The van der Waals surface area contributed by atoms with Crippen LogP contribution < -0.4 is 10.2 Å². The van der Waals surface area contributed by atoms with Crippen molar-refractivity contribution in [2.75, 3.05) is 44.2 Å². The number of pyridine rings is 1. The zero-order chi connectivity index (χ0) is 20.3. The van der Waals surface area contributed by atoms with Gasteiger partial charge in [-0.05, 0) is 38.4 Å². The molecule has 0 radical (unpaired) electrons. The minimum Gasteiger partial charge on any atom is -0.347 e. The summed E-state index contributed by atoms with van der Waals surface area (Å²) in [5.74, 6) is -0.222. The van der Waals surface area contributed by atoms with Gasteiger partial charge in [0, 0.05) is 38.8 Å². The number of piperidine rings is 1. The average Bonchev–Trinajstić information content (AvgIpc) is 2.69. The maximum atomic E-state index is 13.5. The first-order valence-corrected chi connectivity index (χ1v) is 9.89. The Labute approximate surface area is 165 Å². The largest absolute Gasteiger partial charge is 0.347 e. The van der Waals surface area contributed by atoms with Crippen molar-refractivity contribution in [3.63, 3.8) is 0 Å². The first-order valence-electron chi connectivity index (χ1n) is 9.89. The first-order chi connectivity index (χ1) is 13.4. The molecular formula is C20H29N5O3. The van der Waals surface area contributed by atoms with Gasteiger partial charge in [-0.15, -0.1) is 0 Å². The molecule has 2 fully saturated rings. The SMILES string of the molecule is CCN1CCN(c2ccc(C)nc2)C(=O)C12CCN(C(=O)CNC(C)=O)CC2. The molecule has 0 unspecified atom stereocenters. The number of hydrogen-bond acceptors (Lipinski definition) is 5. The van der Waals surface area contributed by atoms with Crippen LogP contribution in [0, 0.1) is 6.92 Å². The normalized spacial score (nSPS) is 19.8. The molecule has 8 heteroatoms. The Morgan fingerprint density at radius 2 is 1.89 bits per heavy atom. The number of amides is 3. The van der Waals surface area contributed by atoms with Gasteiger partial charge in [0.1, 0.15) is 5.54 Å². The van der Waals surface area contributed by atoms with Crippen LogP contribution in [0.15, 0.2) is 18.3 Å². The smallest absolute Gasteiger partial charge is 0.247 e. The van der Waals surface area contributed by atoms with Crippen molar-refractivity contribution < 1.29 is 14.4 Å². The highest BCUT2D eigenvalue weighted by molar-refractivity contribution is 6.01. The van der Waals surface area contributed by atoms with Crippen LogP contribution in [-0.2, 0) is 14.4 Å². The van der Waals surface area contributed by atoms with E-state index in [9.17, 15) is 14.4 Å². The minimum absolute atomic E-state index is 0.00886. The molecule has 1 N–H and O–H groups in total. The first kappa shape index (κ1) is 20.3. The summed E-state index contributed by atoms with van der Waals surface area (Å²) in [6, 6.07) is 3.87. The summed E-state index contributed by atoms with van der Waals surface area (Å²) in [4.78, 5) is 47.1. The van der Waals surface area contributed by atoms with Gasteiger partial charge in [0.15, 0.2) is 0 Å². The van der Waals surface area contributed by atoms with E-state index >= 15 is 0 Å². The molecule has 28 heavy (non-hydrogen) atoms. The number of piperazine rings is 1. The van der Waals surface area contributed by atoms with E-state index in [0.717, 1.165) is 24.5 Å². The quantitative estimate of drug-likeness (QED) is 0.816. The third kappa shape index (κ3) is 3.87. The number of nitrogens with zero attached hydrogens (tertiary/aromatic N) is 4. The molecule has 1 aromatic heterocycles. The third-order valence-corrected chi connectivity index (χ3v) is 5.86. The molecule has 3 amide bonds. The average molecular weight is 387 g/mol. The fourth-order valence-corrected chi connectivity index (χ4v) is 4.22. The second-order valence-electron chi connectivity index (χ2n) is 7.52. The molecule has 0 atom stereocenters. The van der Waals surface area contributed by atoms with Crippen LogP contribution in [0.5, 0.6) is 0 Å². The van der Waals surface area contributed by atoms with E-state index in [1.807, 2.05) is 24.0 Å². The number of carbonyl (C=O) groups is 3. The zero-order valence-corrected chi connectivity index (χ0v) is 16.9. The second-order valence-corrected chi connectivity index (χ2v) is 7.52. The number of likely N-dealkylation sites (N-methyl/N-ethyl adjacent to an activating group) is 1. The maximum absolute atomic E-state index is 13.5. The number of hydrogen-bond donors (Lipinski definition) is 1. The Morgan fingerprint density at radius 3 is 2.46 bits per heavy atom. The van der Waals surface area contributed by atoms with E-state index in [1.165, 1.54) is 6.92 Å². The van der Waals surface area contributed by atoms with Gasteiger partial charge in [0.05, 0.1) is 18.4 Å². The summed E-state index contributed by atoms with van der Waals surface area (Å²) in [6.45, 7) is 8.68. The number of aromatic nitrogens is 1. The summed E-state index contributed by atoms with van der Waals surface area (Å²) in [7, 11) is 0. The van der Waals surface area contributed by atoms with Gasteiger partial charge in [0.2, 0.25) is 17.7 Å². The standard InChI is InChI=1S/C20H29N5O3/c1-4-24-11-12-25(17-6-5-15(2)21-13-17)19(28)20(24)7-9-23(10-8-20)18(27)14-22-16(3)26/h5-6,13H,4,7-12,14H2,1-3H3,(H,22,26). The Morgan fingerprint density at radius 1 is 1.18 bits per heavy atom. The van der Waals surface area contributed by atoms with E-state index in [2.05, 4.69) is 22.1 Å². The number of likely N-dealkylation sites (tertiary alicyclic amines) is 1. The van der Waals surface area contributed by atoms with Crippen LogP contribution in [-0.4, -0.2) is 77.3 Å². The molecule has 1 aromatic rings. The van der Waals surface area contributed by atoms with Crippen molar-refractivity contribution in [2.24, 2.45) is 0 Å². The van der Waals surface area contributed by atoms with E-state index in [1.54, 1.807) is 11.1 Å². The van der Waals surface area contributed by atoms with E-state index in [0.29, 0.717) is 32.5 Å². The molecule has 0 bridgehead atoms. The molecule has 2 aliphatic rings. The van der Waals surface area contributed by atoms with Crippen molar-refractivity contribution in [1.82, 2.24) is 20.1 Å². The monoisotopic (exact) mass is 387 g/mol. The Hall–Kier alpha value is -2.48. The van der Waals surface area contributed by atoms with Crippen LogP contribution in [0.2, 0.25) is 0 Å². The Balaban J connectivity index is 1.74. The highest BCUT2D eigenvalue weighted by Crippen LogP contribution is 2.35. The molecule has 0 saturated carbocycles. The highest BCUT2D eigenvalue weighted by atomic mass is 16.2. The summed E-state index contributed by atoms with van der Waals surface area (Å²) in [5.41, 5.74) is 1.17. The molecule has 3 heterocycles. The van der Waals surface area contributed by atoms with Gasteiger partial charge >= 0.3 is 0 Å². The lowest BCUT2D eigenvalue weighted by Crippen LogP contribution is -2.69. The van der Waals surface area contributed by atoms with Crippen molar-refractivity contribution in [3.8, 4) is 0 Å². The summed E-state index contributed by atoms with van der Waals surface area (Å²) < 4.78 is 0. The fraction of sp³-hybridized carbons (Fsp3) is 0.600.